The third kappa shape index (κ3) is 2.92. The number of anilines is 3. The van der Waals surface area contributed by atoms with Gasteiger partial charge in [-0.1, -0.05) is 0 Å². The molecule has 1 aromatic heterocycles. The monoisotopic (exact) mass is 266 g/mol. The van der Waals surface area contributed by atoms with Gasteiger partial charge in [-0.25, -0.2) is 4.39 Å². The normalized spacial score (nSPS) is 10.7. The van der Waals surface area contributed by atoms with Crippen molar-refractivity contribution in [2.75, 3.05) is 11.1 Å². The largest absolute Gasteiger partial charge is 0.488 e. The van der Waals surface area contributed by atoms with Crippen LogP contribution in [0.5, 0.6) is 5.75 Å². The van der Waals surface area contributed by atoms with Crippen LogP contribution in [0.15, 0.2) is 29.0 Å². The maximum absolute atomic E-state index is 13.6. The van der Waals surface area contributed by atoms with Crippen molar-refractivity contribution < 1.29 is 9.13 Å². The number of hydrogen-bond acceptors (Lipinski definition) is 4. The van der Waals surface area contributed by atoms with Gasteiger partial charge in [0, 0.05) is 23.2 Å². The van der Waals surface area contributed by atoms with Gasteiger partial charge in [0.1, 0.15) is 0 Å². The molecule has 0 saturated heterocycles. The number of nitrogen functional groups attached to an aromatic ring is 1. The Labute approximate surface area is 109 Å². The van der Waals surface area contributed by atoms with Gasteiger partial charge in [0.05, 0.1) is 17.5 Å². The molecule has 0 unspecified atom stereocenters. The van der Waals surface area contributed by atoms with Gasteiger partial charge < -0.3 is 15.8 Å². The fourth-order valence-corrected chi connectivity index (χ4v) is 2.10. The number of rotatable bonds is 4. The summed E-state index contributed by atoms with van der Waals surface area (Å²) in [4.78, 5) is 0. The van der Waals surface area contributed by atoms with Crippen LogP contribution in [0.2, 0.25) is 0 Å². The van der Waals surface area contributed by atoms with E-state index in [1.54, 1.807) is 17.4 Å². The standard InChI is InChI=1S/C13H15FN2OS/c1-8(2)17-13-6-12(11(15)5-10(13)14)16-9-3-4-18-7-9/h3-8,16H,15H2,1-2H3. The Kier molecular flexibility index (Phi) is 3.72. The van der Waals surface area contributed by atoms with Crippen molar-refractivity contribution in [3.8, 4) is 5.75 Å². The van der Waals surface area contributed by atoms with E-state index in [4.69, 9.17) is 10.5 Å². The van der Waals surface area contributed by atoms with E-state index in [2.05, 4.69) is 5.32 Å². The lowest BCUT2D eigenvalue weighted by Crippen LogP contribution is -2.08. The number of nitrogens with two attached hydrogens (primary N) is 1. The van der Waals surface area contributed by atoms with Crippen molar-refractivity contribution >= 4 is 28.4 Å². The van der Waals surface area contributed by atoms with Gasteiger partial charge in [-0.3, -0.25) is 0 Å². The molecule has 2 rings (SSSR count). The zero-order valence-corrected chi connectivity index (χ0v) is 11.1. The molecule has 0 amide bonds. The summed E-state index contributed by atoms with van der Waals surface area (Å²) in [6.45, 7) is 3.70. The SMILES string of the molecule is CC(C)Oc1cc(Nc2ccsc2)c(N)cc1F. The Hall–Kier alpha value is -1.75. The molecular weight excluding hydrogens is 251 g/mol. The van der Waals surface area contributed by atoms with Crippen LogP contribution in [0.1, 0.15) is 13.8 Å². The van der Waals surface area contributed by atoms with Gasteiger partial charge in [0.2, 0.25) is 0 Å². The molecule has 0 radical (unpaired) electrons. The van der Waals surface area contributed by atoms with Crippen molar-refractivity contribution in [3.05, 3.63) is 34.8 Å². The van der Waals surface area contributed by atoms with Crippen molar-refractivity contribution in [1.82, 2.24) is 0 Å². The van der Waals surface area contributed by atoms with Gasteiger partial charge in [0.15, 0.2) is 11.6 Å². The topological polar surface area (TPSA) is 47.3 Å². The first kappa shape index (κ1) is 12.7. The van der Waals surface area contributed by atoms with Crippen LogP contribution in [0.3, 0.4) is 0 Å². The lowest BCUT2D eigenvalue weighted by atomic mass is 10.2. The van der Waals surface area contributed by atoms with E-state index in [1.165, 1.54) is 6.07 Å². The lowest BCUT2D eigenvalue weighted by molar-refractivity contribution is 0.231. The molecule has 0 aliphatic rings. The lowest BCUT2D eigenvalue weighted by Gasteiger charge is -2.14. The van der Waals surface area contributed by atoms with E-state index < -0.39 is 5.82 Å². The highest BCUT2D eigenvalue weighted by Gasteiger charge is 2.10. The Bertz CT molecular complexity index is 526. The molecule has 18 heavy (non-hydrogen) atoms. The molecule has 0 saturated carbocycles. The first-order chi connectivity index (χ1) is 8.56. The molecule has 96 valence electrons. The Morgan fingerprint density at radius 2 is 2.17 bits per heavy atom. The number of nitrogens with one attached hydrogen (secondary N) is 1. The average molecular weight is 266 g/mol. The van der Waals surface area contributed by atoms with Crippen LogP contribution in [0.4, 0.5) is 21.5 Å². The maximum Gasteiger partial charge on any atom is 0.167 e. The number of ether oxygens (including phenoxy) is 1. The molecule has 1 aromatic carbocycles. The summed E-state index contributed by atoms with van der Waals surface area (Å²) in [7, 11) is 0. The summed E-state index contributed by atoms with van der Waals surface area (Å²) in [5.41, 5.74) is 7.71. The molecule has 0 atom stereocenters. The van der Waals surface area contributed by atoms with E-state index in [1.807, 2.05) is 30.7 Å². The predicted molar refractivity (Wildman–Crippen MR) is 74.2 cm³/mol. The zero-order valence-electron chi connectivity index (χ0n) is 10.2. The van der Waals surface area contributed by atoms with Gasteiger partial charge in [0.25, 0.3) is 0 Å². The smallest absolute Gasteiger partial charge is 0.167 e. The Morgan fingerprint density at radius 1 is 1.39 bits per heavy atom. The molecule has 5 heteroatoms. The molecular formula is C13H15FN2OS. The van der Waals surface area contributed by atoms with Crippen molar-refractivity contribution in [2.45, 2.75) is 20.0 Å². The van der Waals surface area contributed by atoms with E-state index in [0.29, 0.717) is 11.4 Å². The molecule has 1 heterocycles. The minimum absolute atomic E-state index is 0.0860. The van der Waals surface area contributed by atoms with Crippen molar-refractivity contribution in [2.24, 2.45) is 0 Å². The van der Waals surface area contributed by atoms with E-state index in [-0.39, 0.29) is 11.9 Å². The highest BCUT2D eigenvalue weighted by atomic mass is 32.1. The van der Waals surface area contributed by atoms with Crippen LogP contribution < -0.4 is 15.8 Å². The van der Waals surface area contributed by atoms with Gasteiger partial charge in [-0.2, -0.15) is 11.3 Å². The van der Waals surface area contributed by atoms with Gasteiger partial charge in [-0.05, 0) is 25.3 Å². The minimum atomic E-state index is -0.447. The number of thiophene rings is 1. The third-order valence-corrected chi connectivity index (χ3v) is 2.95. The first-order valence-corrected chi connectivity index (χ1v) is 6.55. The van der Waals surface area contributed by atoms with Crippen molar-refractivity contribution in [3.63, 3.8) is 0 Å². The quantitative estimate of drug-likeness (QED) is 0.822. The number of halogens is 1. The Morgan fingerprint density at radius 3 is 2.78 bits per heavy atom. The van der Waals surface area contributed by atoms with Gasteiger partial charge >= 0.3 is 0 Å². The number of benzene rings is 1. The van der Waals surface area contributed by atoms with Crippen LogP contribution in [-0.4, -0.2) is 6.10 Å². The molecule has 0 fully saturated rings. The summed E-state index contributed by atoms with van der Waals surface area (Å²) < 4.78 is 19.0. The highest BCUT2D eigenvalue weighted by Crippen LogP contribution is 2.31. The summed E-state index contributed by atoms with van der Waals surface area (Å²) in [6.07, 6.45) is -0.0860. The average Bonchev–Trinajstić information content (AvgIpc) is 2.77. The first-order valence-electron chi connectivity index (χ1n) is 5.61. The molecule has 0 spiro atoms. The molecule has 0 bridgehead atoms. The second kappa shape index (κ2) is 5.27. The van der Waals surface area contributed by atoms with Crippen molar-refractivity contribution in [1.29, 1.82) is 0 Å². The fourth-order valence-electron chi connectivity index (χ4n) is 1.51. The molecule has 2 aromatic rings. The fraction of sp³-hybridized carbons (Fsp3) is 0.231. The second-order valence-corrected chi connectivity index (χ2v) is 4.95. The van der Waals surface area contributed by atoms with Crippen LogP contribution in [-0.2, 0) is 0 Å². The molecule has 3 N–H and O–H groups in total. The minimum Gasteiger partial charge on any atom is -0.488 e. The van der Waals surface area contributed by atoms with Gasteiger partial charge in [-0.15, -0.1) is 0 Å². The zero-order chi connectivity index (χ0) is 13.1. The summed E-state index contributed by atoms with van der Waals surface area (Å²) >= 11 is 1.57. The third-order valence-electron chi connectivity index (χ3n) is 2.27. The molecule has 0 aliphatic carbocycles. The van der Waals surface area contributed by atoms with Crippen LogP contribution in [0.25, 0.3) is 0 Å². The predicted octanol–water partition coefficient (Wildman–Crippen LogP) is 4.00. The summed E-state index contributed by atoms with van der Waals surface area (Å²) in [5, 5.41) is 7.03. The summed E-state index contributed by atoms with van der Waals surface area (Å²) in [5.74, 6) is -0.242. The van der Waals surface area contributed by atoms with E-state index in [0.717, 1.165) is 5.69 Å². The van der Waals surface area contributed by atoms with Crippen LogP contribution >= 0.6 is 11.3 Å². The van der Waals surface area contributed by atoms with E-state index in [9.17, 15) is 4.39 Å². The molecule has 3 nitrogen and oxygen atoms in total. The van der Waals surface area contributed by atoms with Crippen LogP contribution in [0, 0.1) is 5.82 Å². The number of hydrogen-bond donors (Lipinski definition) is 2. The highest BCUT2D eigenvalue weighted by molar-refractivity contribution is 7.08. The summed E-state index contributed by atoms with van der Waals surface area (Å²) in [6, 6.07) is 4.78. The molecule has 0 aliphatic heterocycles. The Balaban J connectivity index is 2.29. The second-order valence-electron chi connectivity index (χ2n) is 4.17. The van der Waals surface area contributed by atoms with E-state index >= 15 is 0 Å². The maximum atomic E-state index is 13.6.